The number of carbonyl (C=O) groups excluding carboxylic acids is 1. The van der Waals surface area contributed by atoms with Gasteiger partial charge in [-0.3, -0.25) is 19.7 Å². The van der Waals surface area contributed by atoms with E-state index in [1.165, 1.54) is 36.4 Å². The van der Waals surface area contributed by atoms with Crippen LogP contribution in [0.25, 0.3) is 6.08 Å². The number of carboxylic acids is 1. The SMILES string of the molecule is CC(CCNC(=O)/C=C/c1ccc([N+](=O)[O-])cc1)C(=O)O. The van der Waals surface area contributed by atoms with Crippen molar-refractivity contribution in [1.82, 2.24) is 5.32 Å². The van der Waals surface area contributed by atoms with Gasteiger partial charge >= 0.3 is 5.97 Å². The smallest absolute Gasteiger partial charge is 0.306 e. The third-order valence-corrected chi connectivity index (χ3v) is 2.83. The fourth-order valence-corrected chi connectivity index (χ4v) is 1.47. The van der Waals surface area contributed by atoms with Gasteiger partial charge in [0, 0.05) is 24.8 Å². The van der Waals surface area contributed by atoms with Crippen molar-refractivity contribution in [2.24, 2.45) is 5.92 Å². The van der Waals surface area contributed by atoms with Crippen LogP contribution in [0.4, 0.5) is 5.69 Å². The molecule has 0 bridgehead atoms. The molecule has 0 fully saturated rings. The summed E-state index contributed by atoms with van der Waals surface area (Å²) in [6, 6.07) is 5.78. The number of benzene rings is 1. The van der Waals surface area contributed by atoms with Gasteiger partial charge in [-0.1, -0.05) is 6.92 Å². The summed E-state index contributed by atoms with van der Waals surface area (Å²) in [7, 11) is 0. The van der Waals surface area contributed by atoms with Crippen molar-refractivity contribution in [2.45, 2.75) is 13.3 Å². The van der Waals surface area contributed by atoms with Crippen LogP contribution >= 0.6 is 0 Å². The lowest BCUT2D eigenvalue weighted by molar-refractivity contribution is -0.384. The van der Waals surface area contributed by atoms with Gasteiger partial charge in [0.25, 0.3) is 5.69 Å². The van der Waals surface area contributed by atoms with E-state index in [0.717, 1.165) is 0 Å². The number of nitro groups is 1. The highest BCUT2D eigenvalue weighted by Crippen LogP contribution is 2.12. The van der Waals surface area contributed by atoms with Gasteiger partial charge in [-0.15, -0.1) is 0 Å². The summed E-state index contributed by atoms with van der Waals surface area (Å²) in [6.07, 6.45) is 3.18. The number of amides is 1. The highest BCUT2D eigenvalue weighted by Gasteiger charge is 2.10. The van der Waals surface area contributed by atoms with Crippen molar-refractivity contribution >= 4 is 23.6 Å². The van der Waals surface area contributed by atoms with Crippen LogP contribution in [-0.2, 0) is 9.59 Å². The molecular weight excluding hydrogens is 276 g/mol. The number of carboxylic acid groups (broad SMARTS) is 1. The molecule has 0 aliphatic carbocycles. The molecule has 0 aliphatic rings. The van der Waals surface area contributed by atoms with E-state index in [9.17, 15) is 19.7 Å². The molecule has 1 aromatic rings. The molecular formula is C14H16N2O5. The average molecular weight is 292 g/mol. The zero-order valence-electron chi connectivity index (χ0n) is 11.5. The van der Waals surface area contributed by atoms with Crippen LogP contribution in [0.2, 0.25) is 0 Å². The molecule has 1 amide bonds. The topological polar surface area (TPSA) is 110 Å². The minimum atomic E-state index is -0.898. The van der Waals surface area contributed by atoms with Crippen molar-refractivity contribution in [3.63, 3.8) is 0 Å². The van der Waals surface area contributed by atoms with Gasteiger partial charge in [-0.2, -0.15) is 0 Å². The second-order valence-electron chi connectivity index (χ2n) is 4.50. The lowest BCUT2D eigenvalue weighted by Crippen LogP contribution is -2.25. The highest BCUT2D eigenvalue weighted by molar-refractivity contribution is 5.91. The molecule has 112 valence electrons. The first-order valence-corrected chi connectivity index (χ1v) is 6.33. The molecule has 0 saturated heterocycles. The van der Waals surface area contributed by atoms with Crippen LogP contribution in [0.1, 0.15) is 18.9 Å². The van der Waals surface area contributed by atoms with E-state index in [1.807, 2.05) is 0 Å². The summed E-state index contributed by atoms with van der Waals surface area (Å²) in [5, 5.41) is 21.7. The molecule has 0 saturated carbocycles. The van der Waals surface area contributed by atoms with E-state index in [4.69, 9.17) is 5.11 Å². The Morgan fingerprint density at radius 2 is 2.00 bits per heavy atom. The van der Waals surface area contributed by atoms with Gasteiger partial charge in [0.15, 0.2) is 0 Å². The Labute approximate surface area is 121 Å². The maximum absolute atomic E-state index is 11.5. The minimum Gasteiger partial charge on any atom is -0.481 e. The van der Waals surface area contributed by atoms with E-state index in [2.05, 4.69) is 5.32 Å². The third kappa shape index (κ3) is 5.85. The zero-order valence-corrected chi connectivity index (χ0v) is 11.5. The van der Waals surface area contributed by atoms with Crippen molar-refractivity contribution in [1.29, 1.82) is 0 Å². The van der Waals surface area contributed by atoms with Crippen molar-refractivity contribution < 1.29 is 19.6 Å². The quantitative estimate of drug-likeness (QED) is 0.452. The van der Waals surface area contributed by atoms with Gasteiger partial charge in [0.1, 0.15) is 0 Å². The second-order valence-corrected chi connectivity index (χ2v) is 4.50. The Balaban J connectivity index is 2.43. The summed E-state index contributed by atoms with van der Waals surface area (Å²) >= 11 is 0. The molecule has 21 heavy (non-hydrogen) atoms. The molecule has 0 heterocycles. The summed E-state index contributed by atoms with van der Waals surface area (Å²) < 4.78 is 0. The maximum Gasteiger partial charge on any atom is 0.306 e. The number of nitrogens with zero attached hydrogens (tertiary/aromatic N) is 1. The number of nitrogens with one attached hydrogen (secondary N) is 1. The molecule has 2 N–H and O–H groups in total. The number of rotatable bonds is 7. The Morgan fingerprint density at radius 1 is 1.38 bits per heavy atom. The van der Waals surface area contributed by atoms with Crippen LogP contribution in [0.15, 0.2) is 30.3 Å². The van der Waals surface area contributed by atoms with Crippen LogP contribution in [0.3, 0.4) is 0 Å². The highest BCUT2D eigenvalue weighted by atomic mass is 16.6. The number of carbonyl (C=O) groups is 2. The summed E-state index contributed by atoms with van der Waals surface area (Å²) in [4.78, 5) is 32.1. The second kappa shape index (κ2) is 7.78. The van der Waals surface area contributed by atoms with Gasteiger partial charge in [0.05, 0.1) is 10.8 Å². The standard InChI is InChI=1S/C14H16N2O5/c1-10(14(18)19)8-9-15-13(17)7-4-11-2-5-12(6-3-11)16(20)21/h2-7,10H,8-9H2,1H3,(H,15,17)(H,18,19)/b7-4+. The van der Waals surface area contributed by atoms with E-state index in [0.29, 0.717) is 12.0 Å². The molecule has 1 aromatic carbocycles. The fraction of sp³-hybridized carbons (Fsp3) is 0.286. The molecule has 1 unspecified atom stereocenters. The lowest BCUT2D eigenvalue weighted by Gasteiger charge is -2.05. The zero-order chi connectivity index (χ0) is 15.8. The largest absolute Gasteiger partial charge is 0.481 e. The normalized spacial score (nSPS) is 12.0. The van der Waals surface area contributed by atoms with E-state index in [1.54, 1.807) is 6.92 Å². The average Bonchev–Trinajstić information content (AvgIpc) is 2.45. The molecule has 7 heteroatoms. The fourth-order valence-electron chi connectivity index (χ4n) is 1.47. The monoisotopic (exact) mass is 292 g/mol. The van der Waals surface area contributed by atoms with E-state index < -0.39 is 16.8 Å². The van der Waals surface area contributed by atoms with Gasteiger partial charge in [-0.25, -0.2) is 0 Å². The van der Waals surface area contributed by atoms with Gasteiger partial charge < -0.3 is 10.4 Å². The molecule has 0 aromatic heterocycles. The number of aliphatic carboxylic acids is 1. The third-order valence-electron chi connectivity index (χ3n) is 2.83. The van der Waals surface area contributed by atoms with E-state index in [-0.39, 0.29) is 18.1 Å². The van der Waals surface area contributed by atoms with Crippen molar-refractivity contribution in [3.05, 3.63) is 46.0 Å². The Hall–Kier alpha value is -2.70. The summed E-state index contributed by atoms with van der Waals surface area (Å²) in [5.74, 6) is -1.75. The maximum atomic E-state index is 11.5. The first-order chi connectivity index (χ1) is 9.90. The molecule has 7 nitrogen and oxygen atoms in total. The molecule has 0 spiro atoms. The van der Waals surface area contributed by atoms with Crippen LogP contribution < -0.4 is 5.32 Å². The predicted octanol–water partition coefficient (Wildman–Crippen LogP) is 1.83. The first kappa shape index (κ1) is 16.4. The Morgan fingerprint density at radius 3 is 2.52 bits per heavy atom. The Kier molecular flexibility index (Phi) is 6.06. The van der Waals surface area contributed by atoms with Crippen LogP contribution in [0.5, 0.6) is 0 Å². The predicted molar refractivity (Wildman–Crippen MR) is 76.6 cm³/mol. The van der Waals surface area contributed by atoms with Gasteiger partial charge in [0.2, 0.25) is 5.91 Å². The van der Waals surface area contributed by atoms with Gasteiger partial charge in [-0.05, 0) is 30.2 Å². The van der Waals surface area contributed by atoms with Crippen molar-refractivity contribution in [3.8, 4) is 0 Å². The lowest BCUT2D eigenvalue weighted by atomic mass is 10.1. The number of hydrogen-bond acceptors (Lipinski definition) is 4. The molecule has 1 atom stereocenters. The summed E-state index contributed by atoms with van der Waals surface area (Å²) in [6.45, 7) is 1.85. The minimum absolute atomic E-state index is 0.0146. The number of non-ortho nitro benzene ring substituents is 1. The molecule has 0 radical (unpaired) electrons. The number of nitro benzene ring substituents is 1. The summed E-state index contributed by atoms with van der Waals surface area (Å²) in [5.41, 5.74) is 0.647. The molecule has 1 rings (SSSR count). The Bertz CT molecular complexity index is 551. The molecule has 0 aliphatic heterocycles. The first-order valence-electron chi connectivity index (χ1n) is 6.33. The van der Waals surface area contributed by atoms with Crippen molar-refractivity contribution in [2.75, 3.05) is 6.54 Å². The van der Waals surface area contributed by atoms with E-state index >= 15 is 0 Å². The van der Waals surface area contributed by atoms with Crippen LogP contribution in [-0.4, -0.2) is 28.5 Å². The van der Waals surface area contributed by atoms with Crippen LogP contribution in [0, 0.1) is 16.0 Å². The number of hydrogen-bond donors (Lipinski definition) is 2.